The minimum Gasteiger partial charge on any atom is -0.381 e. The van der Waals surface area contributed by atoms with Crippen molar-refractivity contribution in [1.29, 1.82) is 5.26 Å². The van der Waals surface area contributed by atoms with Gasteiger partial charge in [-0.1, -0.05) is 6.07 Å². The molecule has 1 saturated carbocycles. The van der Waals surface area contributed by atoms with Crippen LogP contribution in [0.2, 0.25) is 0 Å². The van der Waals surface area contributed by atoms with E-state index < -0.39 is 0 Å². The van der Waals surface area contributed by atoms with Gasteiger partial charge >= 0.3 is 0 Å². The van der Waals surface area contributed by atoms with E-state index in [1.54, 1.807) is 23.3 Å². The number of nitriles is 1. The van der Waals surface area contributed by atoms with Crippen LogP contribution in [0.4, 0.5) is 5.69 Å². The number of benzene rings is 1. The highest BCUT2D eigenvalue weighted by Gasteiger charge is 2.30. The lowest BCUT2D eigenvalue weighted by molar-refractivity contribution is 0.355. The normalized spacial score (nSPS) is 18.1. The van der Waals surface area contributed by atoms with E-state index in [1.165, 1.54) is 0 Å². The van der Waals surface area contributed by atoms with Crippen LogP contribution in [0.15, 0.2) is 53.0 Å². The van der Waals surface area contributed by atoms with Crippen LogP contribution in [0.5, 0.6) is 0 Å². The summed E-state index contributed by atoms with van der Waals surface area (Å²) in [6.07, 6.45) is 5.91. The quantitative estimate of drug-likeness (QED) is 0.367. The van der Waals surface area contributed by atoms with Crippen molar-refractivity contribution >= 4 is 40.0 Å². The second-order valence-electron chi connectivity index (χ2n) is 7.45. The number of thiazole rings is 1. The summed E-state index contributed by atoms with van der Waals surface area (Å²) in [6, 6.07) is 12.8. The molecule has 0 spiro atoms. The summed E-state index contributed by atoms with van der Waals surface area (Å²) in [6.45, 7) is 2.02. The predicted molar refractivity (Wildman–Crippen MR) is 123 cm³/mol. The molecule has 0 radical (unpaired) electrons. The number of aromatic amines is 1. The van der Waals surface area contributed by atoms with Gasteiger partial charge in [-0.05, 0) is 56.0 Å². The first-order chi connectivity index (χ1) is 14.7. The van der Waals surface area contributed by atoms with E-state index in [-0.39, 0.29) is 0 Å². The number of hydrogen-bond donors (Lipinski definition) is 3. The Morgan fingerprint density at radius 3 is 2.97 bits per heavy atom. The summed E-state index contributed by atoms with van der Waals surface area (Å²) in [5, 5.41) is 16.9. The van der Waals surface area contributed by atoms with Crippen molar-refractivity contribution in [2.75, 3.05) is 5.32 Å². The van der Waals surface area contributed by atoms with Gasteiger partial charge in [0.1, 0.15) is 10.7 Å². The summed E-state index contributed by atoms with van der Waals surface area (Å²) >= 11 is 3.25. The molecule has 5 rings (SSSR count). The Kier molecular flexibility index (Phi) is 5.17. The number of fused-ring (bicyclic) bond motifs is 1. The van der Waals surface area contributed by atoms with Gasteiger partial charge in [0.25, 0.3) is 0 Å². The Morgan fingerprint density at radius 1 is 1.27 bits per heavy atom. The first-order valence-corrected chi connectivity index (χ1v) is 11.5. The molecule has 3 N–H and O–H groups in total. The monoisotopic (exact) mass is 432 g/mol. The van der Waals surface area contributed by atoms with Crippen molar-refractivity contribution in [1.82, 2.24) is 19.7 Å². The Labute approximate surface area is 182 Å². The first-order valence-electron chi connectivity index (χ1n) is 9.77. The molecule has 30 heavy (non-hydrogen) atoms. The number of rotatable bonds is 6. The molecule has 8 heteroatoms. The number of pyridine rings is 1. The van der Waals surface area contributed by atoms with Crippen molar-refractivity contribution in [2.24, 2.45) is 0 Å². The number of hydrogen-bond acceptors (Lipinski definition) is 7. The number of nitrogens with one attached hydrogen (secondary N) is 3. The molecule has 0 saturated heterocycles. The molecule has 3 heterocycles. The zero-order valence-electron chi connectivity index (χ0n) is 16.3. The smallest absolute Gasteiger partial charge is 0.139 e. The maximum atomic E-state index is 9.04. The van der Waals surface area contributed by atoms with Gasteiger partial charge in [-0.15, -0.1) is 11.3 Å². The van der Waals surface area contributed by atoms with E-state index in [0.29, 0.717) is 17.6 Å². The lowest BCUT2D eigenvalue weighted by atomic mass is 9.87. The maximum Gasteiger partial charge on any atom is 0.139 e. The van der Waals surface area contributed by atoms with Gasteiger partial charge < -0.3 is 10.3 Å². The van der Waals surface area contributed by atoms with Gasteiger partial charge in [0.05, 0.1) is 22.9 Å². The molecule has 1 fully saturated rings. The van der Waals surface area contributed by atoms with Crippen LogP contribution >= 0.6 is 23.3 Å². The second kappa shape index (κ2) is 8.11. The van der Waals surface area contributed by atoms with E-state index in [4.69, 9.17) is 5.26 Å². The number of anilines is 1. The minimum absolute atomic E-state index is 0.397. The molecule has 4 aromatic rings. The van der Waals surface area contributed by atoms with Crippen LogP contribution in [0, 0.1) is 18.3 Å². The lowest BCUT2D eigenvalue weighted by Crippen LogP contribution is -2.45. The average molecular weight is 433 g/mol. The fourth-order valence-corrected chi connectivity index (χ4v) is 5.26. The number of H-pyrrole nitrogens is 1. The van der Waals surface area contributed by atoms with Crippen LogP contribution in [0.25, 0.3) is 21.6 Å². The van der Waals surface area contributed by atoms with Crippen LogP contribution in [0.1, 0.15) is 24.1 Å². The molecule has 1 aliphatic carbocycles. The zero-order chi connectivity index (χ0) is 20.5. The summed E-state index contributed by atoms with van der Waals surface area (Å²) < 4.78 is 3.52. The molecule has 0 aliphatic heterocycles. The van der Waals surface area contributed by atoms with Crippen LogP contribution in [0.3, 0.4) is 0 Å². The molecular formula is C22H20N6S2. The van der Waals surface area contributed by atoms with Gasteiger partial charge in [-0.2, -0.15) is 5.26 Å². The topological polar surface area (TPSA) is 89.4 Å². The molecule has 1 aromatic carbocycles. The van der Waals surface area contributed by atoms with Crippen LogP contribution in [-0.2, 0) is 0 Å². The number of aryl methyl sites for hydroxylation is 1. The maximum absolute atomic E-state index is 9.04. The van der Waals surface area contributed by atoms with Crippen LogP contribution in [-0.4, -0.2) is 27.0 Å². The summed E-state index contributed by atoms with van der Waals surface area (Å²) in [5.74, 6) is 0. The Hall–Kier alpha value is -2.86. The largest absolute Gasteiger partial charge is 0.381 e. The molecule has 150 valence electrons. The van der Waals surface area contributed by atoms with Crippen molar-refractivity contribution in [3.63, 3.8) is 0 Å². The van der Waals surface area contributed by atoms with Gasteiger partial charge in [-0.3, -0.25) is 4.72 Å². The van der Waals surface area contributed by atoms with Crippen LogP contribution < -0.4 is 10.0 Å². The number of aromatic nitrogens is 3. The first kappa shape index (κ1) is 19.1. The Bertz CT molecular complexity index is 1230. The van der Waals surface area contributed by atoms with E-state index in [2.05, 4.69) is 42.5 Å². The third-order valence-corrected chi connectivity index (χ3v) is 7.16. The zero-order valence-corrected chi connectivity index (χ0v) is 18.0. The highest BCUT2D eigenvalue weighted by atomic mass is 32.2. The second-order valence-corrected chi connectivity index (χ2v) is 9.22. The third-order valence-electron chi connectivity index (χ3n) is 5.23. The predicted octanol–water partition coefficient (Wildman–Crippen LogP) is 5.11. The van der Waals surface area contributed by atoms with Gasteiger partial charge in [0.2, 0.25) is 0 Å². The minimum atomic E-state index is 0.397. The van der Waals surface area contributed by atoms with Gasteiger partial charge in [0, 0.05) is 45.8 Å². The molecule has 0 amide bonds. The summed E-state index contributed by atoms with van der Waals surface area (Å²) in [5.41, 5.74) is 4.76. The van der Waals surface area contributed by atoms with Crippen molar-refractivity contribution < 1.29 is 0 Å². The highest BCUT2D eigenvalue weighted by Crippen LogP contribution is 2.37. The van der Waals surface area contributed by atoms with Gasteiger partial charge in [-0.25, -0.2) is 9.97 Å². The standard InChI is InChI=1S/C22H20N6S2/c1-13-12-29-22(26-13)19-11-25-21-18(5-6-24-21)20(19)27-15-8-16(9-15)28-30-17-4-2-3-14(7-17)10-23/h2-7,11-12,15-16,28H,8-9H2,1H3,(H2,24,25,27). The molecule has 3 aromatic heterocycles. The highest BCUT2D eigenvalue weighted by molar-refractivity contribution is 7.97. The Balaban J connectivity index is 1.27. The molecule has 0 bridgehead atoms. The molecule has 1 aliphatic rings. The summed E-state index contributed by atoms with van der Waals surface area (Å²) in [7, 11) is 0. The van der Waals surface area contributed by atoms with E-state index in [9.17, 15) is 0 Å². The van der Waals surface area contributed by atoms with E-state index in [1.807, 2.05) is 43.6 Å². The molecule has 0 atom stereocenters. The fourth-order valence-electron chi connectivity index (χ4n) is 3.62. The van der Waals surface area contributed by atoms with E-state index in [0.717, 1.165) is 50.7 Å². The van der Waals surface area contributed by atoms with E-state index >= 15 is 0 Å². The third kappa shape index (κ3) is 3.79. The summed E-state index contributed by atoms with van der Waals surface area (Å²) in [4.78, 5) is 13.5. The van der Waals surface area contributed by atoms with Gasteiger partial charge in [0.15, 0.2) is 0 Å². The fraction of sp³-hybridized carbons (Fsp3) is 0.227. The molecular weight excluding hydrogens is 412 g/mol. The lowest BCUT2D eigenvalue weighted by Gasteiger charge is -2.37. The Morgan fingerprint density at radius 2 is 2.17 bits per heavy atom. The molecule has 6 nitrogen and oxygen atoms in total. The van der Waals surface area contributed by atoms with Crippen molar-refractivity contribution in [3.05, 3.63) is 59.4 Å². The SMILES string of the molecule is Cc1csc(-c2cnc3[nH]ccc3c2NC2CC(NSc3cccc(C#N)c3)C2)n1. The van der Waals surface area contributed by atoms with Crippen molar-refractivity contribution in [2.45, 2.75) is 36.7 Å². The molecule has 0 unspecified atom stereocenters. The number of nitrogens with zero attached hydrogens (tertiary/aromatic N) is 3. The average Bonchev–Trinajstić information content (AvgIpc) is 3.38. The van der Waals surface area contributed by atoms with Crippen molar-refractivity contribution in [3.8, 4) is 16.6 Å².